The smallest absolute Gasteiger partial charge is 0.234 e. The molecule has 0 aromatic heterocycles. The number of hydrazone groups is 2. The average molecular weight is 537 g/mol. The van der Waals surface area contributed by atoms with E-state index in [-0.39, 0.29) is 5.78 Å². The number of anilines is 2. The molecule has 1 spiro atoms. The fourth-order valence-corrected chi connectivity index (χ4v) is 6.42. The van der Waals surface area contributed by atoms with Crippen LogP contribution in [0.3, 0.4) is 0 Å². The number of Topliss-reactive ketones (excluding diaryl/α,β-unsaturated/α-hetero) is 1. The van der Waals surface area contributed by atoms with Crippen molar-refractivity contribution in [1.82, 2.24) is 0 Å². The number of ketones is 1. The van der Waals surface area contributed by atoms with Gasteiger partial charge < -0.3 is 0 Å². The van der Waals surface area contributed by atoms with Crippen molar-refractivity contribution in [3.63, 3.8) is 0 Å². The van der Waals surface area contributed by atoms with E-state index in [9.17, 15) is 4.79 Å². The fraction of sp³-hybridized carbons (Fsp3) is 0.129. The van der Waals surface area contributed by atoms with Gasteiger partial charge in [-0.25, -0.2) is 10.0 Å². The lowest BCUT2D eigenvalue weighted by Crippen LogP contribution is -2.54. The summed E-state index contributed by atoms with van der Waals surface area (Å²) in [7, 11) is 0. The maximum atomic E-state index is 12.8. The van der Waals surface area contributed by atoms with Crippen LogP contribution in [0.25, 0.3) is 0 Å². The summed E-state index contributed by atoms with van der Waals surface area (Å²) in [6.07, 6.45) is 0. The maximum Gasteiger partial charge on any atom is 0.234 e. The molecule has 0 N–H and O–H groups in total. The summed E-state index contributed by atoms with van der Waals surface area (Å²) in [5.41, 5.74) is 7.87. The van der Waals surface area contributed by atoms with E-state index < -0.39 is 4.99 Å². The third-order valence-corrected chi connectivity index (χ3v) is 8.39. The molecule has 2 heterocycles. The van der Waals surface area contributed by atoms with Crippen LogP contribution in [0.5, 0.6) is 0 Å². The third kappa shape index (κ3) is 3.92. The molecule has 0 amide bonds. The highest BCUT2D eigenvalue weighted by Gasteiger charge is 2.55. The Morgan fingerprint density at radius 3 is 2.26 bits per heavy atom. The quantitative estimate of drug-likeness (QED) is 0.271. The van der Waals surface area contributed by atoms with Crippen molar-refractivity contribution in [3.05, 3.63) is 130 Å². The Morgan fingerprint density at radius 1 is 0.789 bits per heavy atom. The largest absolute Gasteiger partial charge is 0.292 e. The number of thioether (sulfide) groups is 1. The Hall–Kier alpha value is -3.87. The first-order valence-electron chi connectivity index (χ1n) is 12.3. The van der Waals surface area contributed by atoms with E-state index in [0.29, 0.717) is 10.1 Å². The summed E-state index contributed by atoms with van der Waals surface area (Å²) in [5.74, 6) is -0.103. The number of fused-ring (bicyclic) bond motifs is 2. The molecular weight excluding hydrogens is 512 g/mol. The Balaban J connectivity index is 1.69. The Morgan fingerprint density at radius 2 is 1.50 bits per heavy atom. The first-order chi connectivity index (χ1) is 18.4. The van der Waals surface area contributed by atoms with Crippen molar-refractivity contribution in [3.8, 4) is 0 Å². The zero-order chi connectivity index (χ0) is 26.4. The molecule has 188 valence electrons. The van der Waals surface area contributed by atoms with Crippen LogP contribution in [0.15, 0.2) is 107 Å². The van der Waals surface area contributed by atoms with Gasteiger partial charge >= 0.3 is 0 Å². The van der Waals surface area contributed by atoms with Gasteiger partial charge in [0.1, 0.15) is 0 Å². The normalized spacial score (nSPS) is 18.3. The van der Waals surface area contributed by atoms with E-state index in [1.807, 2.05) is 76.7 Å². The second-order valence-corrected chi connectivity index (χ2v) is 11.0. The molecule has 2 aliphatic rings. The molecule has 6 rings (SSSR count). The number of carbonyl (C=O) groups excluding carboxylic acids is 1. The molecule has 7 heteroatoms. The number of hydrogen-bond acceptors (Lipinski definition) is 6. The highest BCUT2D eigenvalue weighted by atomic mass is 35.5. The summed E-state index contributed by atoms with van der Waals surface area (Å²) in [6, 6.07) is 32.3. The summed E-state index contributed by atoms with van der Waals surface area (Å²) in [5, 5.41) is 15.1. The van der Waals surface area contributed by atoms with Crippen LogP contribution in [0, 0.1) is 13.8 Å². The third-order valence-electron chi connectivity index (χ3n) is 6.74. The summed E-state index contributed by atoms with van der Waals surface area (Å²) >= 11 is 7.85. The molecule has 0 radical (unpaired) electrons. The van der Waals surface area contributed by atoms with E-state index >= 15 is 0 Å². The molecule has 4 aromatic rings. The van der Waals surface area contributed by atoms with E-state index in [2.05, 4.69) is 44.2 Å². The van der Waals surface area contributed by atoms with Crippen molar-refractivity contribution >= 4 is 51.3 Å². The van der Waals surface area contributed by atoms with Gasteiger partial charge in [-0.2, -0.15) is 10.2 Å². The number of aryl methyl sites for hydroxylation is 2. The predicted molar refractivity (Wildman–Crippen MR) is 158 cm³/mol. The fourth-order valence-electron chi connectivity index (χ4n) is 4.94. The van der Waals surface area contributed by atoms with Crippen molar-refractivity contribution < 1.29 is 4.79 Å². The van der Waals surface area contributed by atoms with Crippen molar-refractivity contribution in [2.24, 2.45) is 10.2 Å². The minimum atomic E-state index is -0.995. The molecule has 38 heavy (non-hydrogen) atoms. The lowest BCUT2D eigenvalue weighted by Gasteiger charge is -2.47. The Kier molecular flexibility index (Phi) is 6.09. The van der Waals surface area contributed by atoms with Gasteiger partial charge in [-0.05, 0) is 67.6 Å². The van der Waals surface area contributed by atoms with Gasteiger partial charge in [-0.1, -0.05) is 77.8 Å². The number of nitrogens with zero attached hydrogens (tertiary/aromatic N) is 4. The molecule has 2 aliphatic heterocycles. The zero-order valence-corrected chi connectivity index (χ0v) is 22.8. The zero-order valence-electron chi connectivity index (χ0n) is 21.2. The minimum absolute atomic E-state index is 0.103. The molecule has 0 aliphatic carbocycles. The van der Waals surface area contributed by atoms with Crippen LogP contribution in [0.4, 0.5) is 11.4 Å². The number of benzene rings is 4. The topological polar surface area (TPSA) is 48.3 Å². The summed E-state index contributed by atoms with van der Waals surface area (Å²) in [6.45, 7) is 5.75. The Labute approximate surface area is 231 Å². The molecule has 1 atom stereocenters. The Bertz CT molecular complexity index is 1630. The molecule has 0 saturated heterocycles. The molecule has 4 aromatic carbocycles. The van der Waals surface area contributed by atoms with Crippen molar-refractivity contribution in [2.75, 3.05) is 10.0 Å². The number of para-hydroxylation sites is 1. The minimum Gasteiger partial charge on any atom is -0.292 e. The lowest BCUT2D eigenvalue weighted by molar-refractivity contribution is -0.110. The van der Waals surface area contributed by atoms with E-state index in [0.717, 1.165) is 44.9 Å². The first kappa shape index (κ1) is 24.5. The first-order valence-corrected chi connectivity index (χ1v) is 13.5. The number of halogens is 1. The average Bonchev–Trinajstić information content (AvgIpc) is 3.33. The van der Waals surface area contributed by atoms with Gasteiger partial charge in [0.2, 0.25) is 4.99 Å². The maximum absolute atomic E-state index is 12.8. The molecule has 0 bridgehead atoms. The van der Waals surface area contributed by atoms with Crippen LogP contribution in [-0.4, -0.2) is 16.5 Å². The number of rotatable bonds is 4. The molecule has 0 unspecified atom stereocenters. The van der Waals surface area contributed by atoms with Gasteiger partial charge in [0.25, 0.3) is 0 Å². The molecular formula is C31H25ClN4OS. The van der Waals surface area contributed by atoms with E-state index in [4.69, 9.17) is 21.8 Å². The van der Waals surface area contributed by atoms with Gasteiger partial charge in [-0.3, -0.25) is 4.79 Å². The number of carbonyl (C=O) groups is 1. The highest BCUT2D eigenvalue weighted by molar-refractivity contribution is 8.17. The highest BCUT2D eigenvalue weighted by Crippen LogP contribution is 2.55. The summed E-state index contributed by atoms with van der Waals surface area (Å²) in [4.78, 5) is 11.8. The second kappa shape index (κ2) is 9.46. The van der Waals surface area contributed by atoms with Crippen LogP contribution >= 0.6 is 23.4 Å². The van der Waals surface area contributed by atoms with Gasteiger partial charge in [0.15, 0.2) is 10.8 Å². The van der Waals surface area contributed by atoms with Gasteiger partial charge in [-0.15, -0.1) is 0 Å². The van der Waals surface area contributed by atoms with E-state index in [1.54, 1.807) is 6.92 Å². The van der Waals surface area contributed by atoms with Crippen LogP contribution in [-0.2, 0) is 9.79 Å². The van der Waals surface area contributed by atoms with Crippen molar-refractivity contribution in [2.45, 2.75) is 25.8 Å². The summed E-state index contributed by atoms with van der Waals surface area (Å²) < 4.78 is 0. The lowest BCUT2D eigenvalue weighted by atomic mass is 9.90. The predicted octanol–water partition coefficient (Wildman–Crippen LogP) is 7.50. The molecule has 0 fully saturated rings. The van der Waals surface area contributed by atoms with Gasteiger partial charge in [0, 0.05) is 28.6 Å². The van der Waals surface area contributed by atoms with Crippen LogP contribution < -0.4 is 10.0 Å². The second-order valence-electron chi connectivity index (χ2n) is 9.42. The standard InChI is InChI=1S/C31H25ClN4OS/c1-20-16-17-21(2)27(18-20)29-26-14-7-8-15-28(26)31(35(33-29)24-11-5-4-6-12-24)36(34-30(38-31)22(3)37)25-13-9-10-23(32)19-25/h4-19H,1-3H3/t31-/m1/s1. The SMILES string of the molecule is CC(=O)C1=NN(c2cccc(Cl)c2)[C@@]2(S1)c1ccccc1C(c1cc(C)ccc1C)=NN2c1ccccc1. The number of hydrogen-bond donors (Lipinski definition) is 0. The van der Waals surface area contributed by atoms with Crippen LogP contribution in [0.2, 0.25) is 5.02 Å². The van der Waals surface area contributed by atoms with Crippen LogP contribution in [0.1, 0.15) is 34.7 Å². The van der Waals surface area contributed by atoms with Crippen molar-refractivity contribution in [1.29, 1.82) is 0 Å². The monoisotopic (exact) mass is 536 g/mol. The molecule has 0 saturated carbocycles. The molecule has 5 nitrogen and oxygen atoms in total. The van der Waals surface area contributed by atoms with Gasteiger partial charge in [0.05, 0.1) is 17.1 Å². The van der Waals surface area contributed by atoms with E-state index in [1.165, 1.54) is 11.8 Å².